The Morgan fingerprint density at radius 1 is 1.00 bits per heavy atom. The molecule has 1 amide bonds. The van der Waals surface area contributed by atoms with Crippen LogP contribution >= 0.6 is 0 Å². The van der Waals surface area contributed by atoms with Crippen LogP contribution in [0.5, 0.6) is 11.5 Å². The maximum Gasteiger partial charge on any atom is 0.419 e. The summed E-state index contributed by atoms with van der Waals surface area (Å²) in [7, 11) is 1.62. The van der Waals surface area contributed by atoms with Gasteiger partial charge in [-0.3, -0.25) is 9.69 Å². The van der Waals surface area contributed by atoms with E-state index in [4.69, 9.17) is 19.0 Å². The van der Waals surface area contributed by atoms with Crippen molar-refractivity contribution in [3.63, 3.8) is 0 Å². The lowest BCUT2D eigenvalue weighted by Gasteiger charge is -2.31. The summed E-state index contributed by atoms with van der Waals surface area (Å²) < 4.78 is 17.4. The van der Waals surface area contributed by atoms with E-state index in [1.165, 1.54) is 4.90 Å². The molecule has 0 fully saturated rings. The van der Waals surface area contributed by atoms with Gasteiger partial charge in [-0.25, -0.2) is 4.79 Å². The predicted molar refractivity (Wildman–Crippen MR) is 144 cm³/mol. The van der Waals surface area contributed by atoms with Gasteiger partial charge in [0.15, 0.2) is 5.78 Å². The Hall–Kier alpha value is -4.18. The van der Waals surface area contributed by atoms with Crippen LogP contribution in [0, 0.1) is 0 Å². The maximum absolute atomic E-state index is 13.6. The predicted octanol–water partition coefficient (Wildman–Crippen LogP) is 4.03. The summed E-state index contributed by atoms with van der Waals surface area (Å²) in [4.78, 5) is 27.7. The quantitative estimate of drug-likeness (QED) is 0.326. The minimum atomic E-state index is -1.32. The second-order valence-corrected chi connectivity index (χ2v) is 10.0. The van der Waals surface area contributed by atoms with Crippen LogP contribution in [-0.4, -0.2) is 59.7 Å². The molecule has 5 rings (SSSR count). The van der Waals surface area contributed by atoms with Crippen LogP contribution in [0.4, 0.5) is 10.5 Å². The Morgan fingerprint density at radius 3 is 2.44 bits per heavy atom. The highest BCUT2D eigenvalue weighted by molar-refractivity contribution is 6.19. The van der Waals surface area contributed by atoms with Crippen molar-refractivity contribution in [3.8, 4) is 11.5 Å². The molecule has 4 aromatic rings. The smallest absolute Gasteiger partial charge is 0.419 e. The van der Waals surface area contributed by atoms with Gasteiger partial charge in [0.05, 0.1) is 12.2 Å². The van der Waals surface area contributed by atoms with Crippen molar-refractivity contribution in [2.24, 2.45) is 0 Å². The number of hydrogen-bond acceptors (Lipinski definition) is 8. The fourth-order valence-corrected chi connectivity index (χ4v) is 4.73. The van der Waals surface area contributed by atoms with Gasteiger partial charge in [0, 0.05) is 35.2 Å². The number of ketones is 1. The molecular formula is C30H29NO8. The molecule has 3 N–H and O–H groups in total. The van der Waals surface area contributed by atoms with Gasteiger partial charge in [0.1, 0.15) is 41.7 Å². The SMILES string of the molecule is CN(C(=O)Oc1ccc2c3c(oc2c1)C(C)(C)c1cc(OCC(O)C(O)CO)ccc1C3=O)c1ccccc1. The molecule has 0 saturated carbocycles. The zero-order chi connectivity index (χ0) is 27.9. The van der Waals surface area contributed by atoms with Crippen molar-refractivity contribution in [1.29, 1.82) is 0 Å². The number of furan rings is 1. The number of carbonyl (C=O) groups is 2. The van der Waals surface area contributed by atoms with Gasteiger partial charge in [-0.1, -0.05) is 18.2 Å². The van der Waals surface area contributed by atoms with E-state index in [9.17, 15) is 19.8 Å². The molecule has 1 aromatic heterocycles. The van der Waals surface area contributed by atoms with Gasteiger partial charge in [-0.05, 0) is 61.9 Å². The number of amides is 1. The number of rotatable bonds is 7. The van der Waals surface area contributed by atoms with E-state index in [-0.39, 0.29) is 18.1 Å². The molecule has 202 valence electrons. The topological polar surface area (TPSA) is 130 Å². The molecule has 1 aliphatic carbocycles. The summed E-state index contributed by atoms with van der Waals surface area (Å²) in [5, 5.41) is 29.1. The Kier molecular flexibility index (Phi) is 6.90. The third-order valence-corrected chi connectivity index (χ3v) is 7.04. The molecule has 3 aromatic carbocycles. The third kappa shape index (κ3) is 4.76. The number of fused-ring (bicyclic) bond motifs is 4. The minimum Gasteiger partial charge on any atom is -0.491 e. The average Bonchev–Trinajstić information content (AvgIpc) is 3.34. The van der Waals surface area contributed by atoms with E-state index in [0.717, 1.165) is 0 Å². The number of ether oxygens (including phenoxy) is 2. The summed E-state index contributed by atoms with van der Waals surface area (Å²) in [5.41, 5.74) is 2.02. The zero-order valence-corrected chi connectivity index (χ0v) is 21.7. The molecule has 1 heterocycles. The highest BCUT2D eigenvalue weighted by Gasteiger charge is 2.42. The normalized spacial score (nSPS) is 15.3. The number of anilines is 1. The van der Waals surface area contributed by atoms with Crippen molar-refractivity contribution in [1.82, 2.24) is 0 Å². The number of benzene rings is 3. The van der Waals surface area contributed by atoms with E-state index >= 15 is 0 Å². The van der Waals surface area contributed by atoms with Gasteiger partial charge in [0.2, 0.25) is 0 Å². The molecule has 0 spiro atoms. The van der Waals surface area contributed by atoms with Crippen LogP contribution in [0.15, 0.2) is 71.1 Å². The lowest BCUT2D eigenvalue weighted by molar-refractivity contribution is -0.0339. The first kappa shape index (κ1) is 26.4. The van der Waals surface area contributed by atoms with Gasteiger partial charge in [0.25, 0.3) is 0 Å². The van der Waals surface area contributed by atoms with Crippen LogP contribution in [0.1, 0.15) is 41.1 Å². The monoisotopic (exact) mass is 531 g/mol. The summed E-state index contributed by atoms with van der Waals surface area (Å²) >= 11 is 0. The van der Waals surface area contributed by atoms with Gasteiger partial charge in [-0.15, -0.1) is 0 Å². The Labute approximate surface area is 224 Å². The van der Waals surface area contributed by atoms with E-state index < -0.39 is 30.3 Å². The lowest BCUT2D eigenvalue weighted by Crippen LogP contribution is -2.34. The molecule has 0 bridgehead atoms. The minimum absolute atomic E-state index is 0.200. The molecule has 2 atom stereocenters. The second kappa shape index (κ2) is 10.2. The van der Waals surface area contributed by atoms with E-state index in [2.05, 4.69) is 0 Å². The highest BCUT2D eigenvalue weighted by Crippen LogP contribution is 2.46. The highest BCUT2D eigenvalue weighted by atomic mass is 16.6. The summed E-state index contributed by atoms with van der Waals surface area (Å²) in [5.74, 6) is 0.959. The first-order valence-electron chi connectivity index (χ1n) is 12.5. The Morgan fingerprint density at radius 2 is 1.72 bits per heavy atom. The number of hydrogen-bond donors (Lipinski definition) is 3. The van der Waals surface area contributed by atoms with Crippen LogP contribution < -0.4 is 14.4 Å². The molecule has 0 saturated heterocycles. The van der Waals surface area contributed by atoms with Crippen molar-refractivity contribution >= 4 is 28.5 Å². The van der Waals surface area contributed by atoms with Crippen LogP contribution in [0.3, 0.4) is 0 Å². The summed E-state index contributed by atoms with van der Waals surface area (Å²) in [6.07, 6.45) is -3.15. The Bertz CT molecular complexity index is 1540. The van der Waals surface area contributed by atoms with Gasteiger partial charge < -0.3 is 29.2 Å². The number of aliphatic hydroxyl groups is 3. The molecular weight excluding hydrogens is 502 g/mol. The molecule has 2 unspecified atom stereocenters. The van der Waals surface area contributed by atoms with E-state index in [0.29, 0.717) is 44.9 Å². The van der Waals surface area contributed by atoms with Crippen molar-refractivity contribution in [2.45, 2.75) is 31.5 Å². The second-order valence-electron chi connectivity index (χ2n) is 10.0. The number of nitrogens with zero attached hydrogens (tertiary/aromatic N) is 1. The summed E-state index contributed by atoms with van der Waals surface area (Å²) in [6, 6.07) is 19.1. The first-order chi connectivity index (χ1) is 18.6. The van der Waals surface area contributed by atoms with E-state index in [1.54, 1.807) is 55.6 Å². The molecule has 0 aliphatic heterocycles. The van der Waals surface area contributed by atoms with Crippen molar-refractivity contribution in [3.05, 3.63) is 89.2 Å². The number of aliphatic hydroxyl groups excluding tert-OH is 3. The number of para-hydroxylation sites is 1. The largest absolute Gasteiger partial charge is 0.491 e. The number of carbonyl (C=O) groups excluding carboxylic acids is 2. The van der Waals surface area contributed by atoms with Crippen LogP contribution in [-0.2, 0) is 5.41 Å². The van der Waals surface area contributed by atoms with Gasteiger partial charge >= 0.3 is 6.09 Å². The first-order valence-corrected chi connectivity index (χ1v) is 12.5. The van der Waals surface area contributed by atoms with E-state index in [1.807, 2.05) is 32.0 Å². The molecule has 39 heavy (non-hydrogen) atoms. The molecule has 1 aliphatic rings. The van der Waals surface area contributed by atoms with Crippen LogP contribution in [0.25, 0.3) is 11.0 Å². The summed E-state index contributed by atoms with van der Waals surface area (Å²) in [6.45, 7) is 3.05. The molecule has 9 nitrogen and oxygen atoms in total. The molecule has 0 radical (unpaired) electrons. The standard InChI is InChI=1S/C30H29NO8/c1-30(2)22-13-18(37-16-24(34)23(33)15-32)9-11-20(22)27(35)26-21-12-10-19(14-25(21)39-28(26)30)38-29(36)31(3)17-7-5-4-6-8-17/h4-14,23-24,32-34H,15-16H2,1-3H3. The fraction of sp³-hybridized carbons (Fsp3) is 0.267. The third-order valence-electron chi connectivity index (χ3n) is 7.04. The van der Waals surface area contributed by atoms with Crippen molar-refractivity contribution in [2.75, 3.05) is 25.2 Å². The van der Waals surface area contributed by atoms with Gasteiger partial charge in [-0.2, -0.15) is 0 Å². The van der Waals surface area contributed by atoms with Crippen molar-refractivity contribution < 1.29 is 38.8 Å². The lowest BCUT2D eigenvalue weighted by atomic mass is 9.71. The zero-order valence-electron chi connectivity index (χ0n) is 21.7. The van der Waals surface area contributed by atoms with Crippen LogP contribution in [0.2, 0.25) is 0 Å². The average molecular weight is 532 g/mol. The molecule has 9 heteroatoms. The Balaban J connectivity index is 1.43. The fourth-order valence-electron chi connectivity index (χ4n) is 4.73. The maximum atomic E-state index is 13.6.